The Labute approximate surface area is 112 Å². The van der Waals surface area contributed by atoms with Crippen molar-refractivity contribution >= 4 is 11.7 Å². The Morgan fingerprint density at radius 3 is 2.42 bits per heavy atom. The number of rotatable bonds is 6. The maximum atomic E-state index is 13.6. The number of ether oxygens (including phenoxy) is 1. The third kappa shape index (κ3) is 3.91. The molecule has 3 nitrogen and oxygen atoms in total. The van der Waals surface area contributed by atoms with Crippen molar-refractivity contribution < 1.29 is 18.3 Å². The van der Waals surface area contributed by atoms with Gasteiger partial charge in [0.15, 0.2) is 0 Å². The van der Waals surface area contributed by atoms with Crippen LogP contribution in [0, 0.1) is 17.6 Å². The molecule has 0 unspecified atom stereocenters. The van der Waals surface area contributed by atoms with E-state index < -0.39 is 17.6 Å². The van der Waals surface area contributed by atoms with Crippen molar-refractivity contribution in [2.75, 3.05) is 19.0 Å². The number of benzene rings is 1. The second-order valence-corrected chi connectivity index (χ2v) is 4.37. The minimum atomic E-state index is -0.919. The number of esters is 1. The molecule has 0 aliphatic carbocycles. The summed E-state index contributed by atoms with van der Waals surface area (Å²) in [5, 5.41) is 2.91. The number of anilines is 1. The fourth-order valence-electron chi connectivity index (χ4n) is 1.78. The Morgan fingerprint density at radius 1 is 1.26 bits per heavy atom. The van der Waals surface area contributed by atoms with Gasteiger partial charge in [0.25, 0.3) is 0 Å². The first-order valence-electron chi connectivity index (χ1n) is 6.34. The van der Waals surface area contributed by atoms with Gasteiger partial charge in [0, 0.05) is 12.6 Å². The van der Waals surface area contributed by atoms with Crippen molar-refractivity contribution in [1.82, 2.24) is 0 Å². The zero-order valence-corrected chi connectivity index (χ0v) is 11.4. The van der Waals surface area contributed by atoms with E-state index in [0.717, 1.165) is 26.0 Å². The maximum absolute atomic E-state index is 13.6. The summed E-state index contributed by atoms with van der Waals surface area (Å²) in [5.74, 6) is -2.04. The third-order valence-corrected chi connectivity index (χ3v) is 3.20. The van der Waals surface area contributed by atoms with Crippen LogP contribution in [0.5, 0.6) is 0 Å². The SMILES string of the molecule is CCC(CC)CNc1cc(C(=O)OC)c(F)cc1F. The second kappa shape index (κ2) is 7.07. The van der Waals surface area contributed by atoms with Crippen LogP contribution in [-0.2, 0) is 4.74 Å². The van der Waals surface area contributed by atoms with Crippen LogP contribution >= 0.6 is 0 Å². The van der Waals surface area contributed by atoms with E-state index in [9.17, 15) is 13.6 Å². The summed E-state index contributed by atoms with van der Waals surface area (Å²) in [6, 6.07) is 1.85. The molecule has 0 aromatic heterocycles. The topological polar surface area (TPSA) is 38.3 Å². The van der Waals surface area contributed by atoms with E-state index in [1.165, 1.54) is 0 Å². The average molecular weight is 271 g/mol. The molecule has 0 spiro atoms. The molecule has 19 heavy (non-hydrogen) atoms. The van der Waals surface area contributed by atoms with Gasteiger partial charge in [0.2, 0.25) is 0 Å². The lowest BCUT2D eigenvalue weighted by atomic mass is 10.0. The van der Waals surface area contributed by atoms with Gasteiger partial charge in [-0.25, -0.2) is 13.6 Å². The van der Waals surface area contributed by atoms with Gasteiger partial charge < -0.3 is 10.1 Å². The van der Waals surface area contributed by atoms with Crippen LogP contribution in [-0.4, -0.2) is 19.6 Å². The Bertz CT molecular complexity index is 445. The normalized spacial score (nSPS) is 10.6. The summed E-state index contributed by atoms with van der Waals surface area (Å²) >= 11 is 0. The Morgan fingerprint density at radius 2 is 1.89 bits per heavy atom. The molecule has 1 rings (SSSR count). The Balaban J connectivity index is 2.91. The Kier molecular flexibility index (Phi) is 5.73. The first-order valence-corrected chi connectivity index (χ1v) is 6.34. The molecule has 1 aromatic carbocycles. The van der Waals surface area contributed by atoms with Crippen molar-refractivity contribution in [2.45, 2.75) is 26.7 Å². The molecular weight excluding hydrogens is 252 g/mol. The van der Waals surface area contributed by atoms with Gasteiger partial charge in [-0.2, -0.15) is 0 Å². The number of hydrogen-bond acceptors (Lipinski definition) is 3. The highest BCUT2D eigenvalue weighted by atomic mass is 19.1. The molecule has 1 aromatic rings. The van der Waals surface area contributed by atoms with Gasteiger partial charge in [0.05, 0.1) is 18.4 Å². The molecule has 0 aliphatic heterocycles. The quantitative estimate of drug-likeness (QED) is 0.803. The lowest BCUT2D eigenvalue weighted by molar-refractivity contribution is 0.0595. The van der Waals surface area contributed by atoms with Crippen molar-refractivity contribution in [3.8, 4) is 0 Å². The van der Waals surface area contributed by atoms with Crippen LogP contribution in [0.25, 0.3) is 0 Å². The van der Waals surface area contributed by atoms with E-state index in [2.05, 4.69) is 23.9 Å². The minimum Gasteiger partial charge on any atom is -0.465 e. The van der Waals surface area contributed by atoms with Crippen molar-refractivity contribution in [3.63, 3.8) is 0 Å². The maximum Gasteiger partial charge on any atom is 0.340 e. The first-order chi connectivity index (χ1) is 9.03. The lowest BCUT2D eigenvalue weighted by Gasteiger charge is -2.15. The van der Waals surface area contributed by atoms with Crippen LogP contribution in [0.4, 0.5) is 14.5 Å². The highest BCUT2D eigenvalue weighted by Crippen LogP contribution is 2.21. The molecule has 0 heterocycles. The molecule has 0 atom stereocenters. The predicted octanol–water partition coefficient (Wildman–Crippen LogP) is 3.60. The van der Waals surface area contributed by atoms with E-state index in [4.69, 9.17) is 0 Å². The van der Waals surface area contributed by atoms with Gasteiger partial charge in [0.1, 0.15) is 11.6 Å². The molecule has 0 radical (unpaired) electrons. The number of carbonyl (C=O) groups excluding carboxylic acids is 1. The minimum absolute atomic E-state index is 0.119. The molecule has 5 heteroatoms. The number of halogens is 2. The summed E-state index contributed by atoms with van der Waals surface area (Å²) in [7, 11) is 1.16. The smallest absolute Gasteiger partial charge is 0.340 e. The molecule has 0 aliphatic rings. The van der Waals surface area contributed by atoms with E-state index in [1.54, 1.807) is 0 Å². The van der Waals surface area contributed by atoms with E-state index in [-0.39, 0.29) is 11.3 Å². The zero-order chi connectivity index (χ0) is 14.4. The van der Waals surface area contributed by atoms with Crippen LogP contribution in [0.2, 0.25) is 0 Å². The van der Waals surface area contributed by atoms with Crippen molar-refractivity contribution in [1.29, 1.82) is 0 Å². The highest BCUT2D eigenvalue weighted by Gasteiger charge is 2.16. The van der Waals surface area contributed by atoms with Crippen LogP contribution in [0.15, 0.2) is 12.1 Å². The molecule has 0 saturated carbocycles. The monoisotopic (exact) mass is 271 g/mol. The Hall–Kier alpha value is -1.65. The van der Waals surface area contributed by atoms with Gasteiger partial charge >= 0.3 is 5.97 Å². The molecule has 0 saturated heterocycles. The summed E-state index contributed by atoms with van der Waals surface area (Å²) in [6.07, 6.45) is 1.94. The van der Waals surface area contributed by atoms with E-state index >= 15 is 0 Å². The van der Waals surface area contributed by atoms with E-state index in [1.807, 2.05) is 0 Å². The zero-order valence-electron chi connectivity index (χ0n) is 11.4. The summed E-state index contributed by atoms with van der Waals surface area (Å²) in [6.45, 7) is 4.68. The number of nitrogens with one attached hydrogen (secondary N) is 1. The lowest BCUT2D eigenvalue weighted by Crippen LogP contribution is -2.15. The fraction of sp³-hybridized carbons (Fsp3) is 0.500. The molecule has 0 fully saturated rings. The van der Waals surface area contributed by atoms with Crippen molar-refractivity contribution in [3.05, 3.63) is 29.3 Å². The summed E-state index contributed by atoms with van der Waals surface area (Å²) < 4.78 is 31.5. The molecular formula is C14H19F2NO2. The standard InChI is InChI=1S/C14H19F2NO2/c1-4-9(5-2)8-17-13-6-10(14(18)19-3)11(15)7-12(13)16/h6-7,9,17H,4-5,8H2,1-3H3. The second-order valence-electron chi connectivity index (χ2n) is 4.37. The molecule has 0 bridgehead atoms. The summed E-state index contributed by atoms with van der Waals surface area (Å²) in [4.78, 5) is 11.3. The predicted molar refractivity (Wildman–Crippen MR) is 70.3 cm³/mol. The van der Waals surface area contributed by atoms with Gasteiger partial charge in [-0.3, -0.25) is 0 Å². The van der Waals surface area contributed by atoms with Crippen molar-refractivity contribution in [2.24, 2.45) is 5.92 Å². The average Bonchev–Trinajstić information content (AvgIpc) is 2.41. The molecule has 1 N–H and O–H groups in total. The number of methoxy groups -OCH3 is 1. The fourth-order valence-corrected chi connectivity index (χ4v) is 1.78. The van der Waals surface area contributed by atoms with Gasteiger partial charge in [-0.05, 0) is 12.0 Å². The first kappa shape index (κ1) is 15.4. The summed E-state index contributed by atoms with van der Waals surface area (Å²) in [5.41, 5.74) is -0.148. The van der Waals surface area contributed by atoms with Crippen LogP contribution < -0.4 is 5.32 Å². The molecule has 106 valence electrons. The number of hydrogen-bond donors (Lipinski definition) is 1. The van der Waals surface area contributed by atoms with Gasteiger partial charge in [-0.15, -0.1) is 0 Å². The molecule has 0 amide bonds. The largest absolute Gasteiger partial charge is 0.465 e. The number of carbonyl (C=O) groups is 1. The third-order valence-electron chi connectivity index (χ3n) is 3.20. The highest BCUT2D eigenvalue weighted by molar-refractivity contribution is 5.90. The van der Waals surface area contributed by atoms with Crippen LogP contribution in [0.3, 0.4) is 0 Å². The van der Waals surface area contributed by atoms with E-state index in [0.29, 0.717) is 18.5 Å². The van der Waals surface area contributed by atoms with Crippen LogP contribution in [0.1, 0.15) is 37.0 Å². The van der Waals surface area contributed by atoms with Gasteiger partial charge in [-0.1, -0.05) is 26.7 Å².